The van der Waals surface area contributed by atoms with Crippen LogP contribution in [0, 0.1) is 0 Å². The predicted molar refractivity (Wildman–Crippen MR) is 41.1 cm³/mol. The first kappa shape index (κ1) is 8.92. The fourth-order valence-corrected chi connectivity index (χ4v) is 0.197. The quantitative estimate of drug-likeness (QED) is 0.511. The van der Waals surface area contributed by atoms with E-state index in [4.69, 9.17) is 11.5 Å². The van der Waals surface area contributed by atoms with E-state index in [-0.39, 0.29) is 5.54 Å². The minimum absolute atomic E-state index is 0.250. The van der Waals surface area contributed by atoms with Gasteiger partial charge in [0.25, 0.3) is 0 Å². The molecule has 1 saturated carbocycles. The highest BCUT2D eigenvalue weighted by Gasteiger charge is 2.31. The molecule has 4 N–H and O–H groups in total. The van der Waals surface area contributed by atoms with E-state index in [1.807, 2.05) is 13.8 Å². The maximum absolute atomic E-state index is 5.47. The lowest BCUT2D eigenvalue weighted by molar-refractivity contribution is 0.762. The summed E-state index contributed by atoms with van der Waals surface area (Å²) < 4.78 is 0. The molecule has 0 radical (unpaired) electrons. The number of nitrogens with two attached hydrogens (primary N) is 2. The van der Waals surface area contributed by atoms with Crippen LogP contribution in [0.25, 0.3) is 0 Å². The van der Waals surface area contributed by atoms with Crippen molar-refractivity contribution in [2.75, 3.05) is 0 Å². The molecular formula is C7H18N2. The molecule has 0 aromatic rings. The van der Waals surface area contributed by atoms with Crippen LogP contribution in [0.15, 0.2) is 0 Å². The highest BCUT2D eigenvalue weighted by molar-refractivity contribution is 4.93. The first-order valence-corrected chi connectivity index (χ1v) is 3.48. The van der Waals surface area contributed by atoms with E-state index in [1.165, 1.54) is 12.8 Å². The van der Waals surface area contributed by atoms with E-state index in [1.54, 1.807) is 0 Å². The van der Waals surface area contributed by atoms with E-state index < -0.39 is 0 Å². The molecular weight excluding hydrogens is 112 g/mol. The molecule has 1 aliphatic carbocycles. The van der Waals surface area contributed by atoms with Crippen molar-refractivity contribution in [3.63, 3.8) is 0 Å². The summed E-state index contributed by atoms with van der Waals surface area (Å²) in [5.74, 6) is 0. The van der Waals surface area contributed by atoms with Crippen molar-refractivity contribution in [1.82, 2.24) is 0 Å². The van der Waals surface area contributed by atoms with E-state index in [2.05, 4.69) is 6.92 Å². The molecule has 0 bridgehead atoms. The van der Waals surface area contributed by atoms with Gasteiger partial charge in [-0.15, -0.1) is 0 Å². The second kappa shape index (κ2) is 3.18. The summed E-state index contributed by atoms with van der Waals surface area (Å²) in [6, 6.07) is 0.333. The largest absolute Gasteiger partial charge is 0.328 e. The van der Waals surface area contributed by atoms with Gasteiger partial charge in [0.2, 0.25) is 0 Å². The molecule has 0 aliphatic heterocycles. The fraction of sp³-hybridized carbons (Fsp3) is 1.00. The summed E-state index contributed by atoms with van der Waals surface area (Å²) in [6.45, 7) is 5.97. The summed E-state index contributed by atoms with van der Waals surface area (Å²) in [6.07, 6.45) is 2.46. The maximum Gasteiger partial charge on any atom is 0.0127 e. The molecule has 2 heteroatoms. The first-order valence-electron chi connectivity index (χ1n) is 3.48. The molecule has 1 aliphatic rings. The summed E-state index contributed by atoms with van der Waals surface area (Å²) in [5, 5.41) is 0. The number of hydrogen-bond donors (Lipinski definition) is 2. The average Bonchev–Trinajstić information content (AvgIpc) is 2.16. The third-order valence-electron chi connectivity index (χ3n) is 1.04. The van der Waals surface area contributed by atoms with Crippen LogP contribution in [0.1, 0.15) is 33.6 Å². The van der Waals surface area contributed by atoms with Crippen molar-refractivity contribution < 1.29 is 0 Å². The smallest absolute Gasteiger partial charge is 0.0127 e. The van der Waals surface area contributed by atoms with Crippen LogP contribution in [-0.2, 0) is 0 Å². The van der Waals surface area contributed by atoms with E-state index >= 15 is 0 Å². The summed E-state index contributed by atoms with van der Waals surface area (Å²) in [4.78, 5) is 0. The summed E-state index contributed by atoms with van der Waals surface area (Å²) >= 11 is 0. The average molecular weight is 130 g/mol. The van der Waals surface area contributed by atoms with Gasteiger partial charge in [-0.1, -0.05) is 13.8 Å². The molecule has 0 atom stereocenters. The SMILES string of the molecule is CC(C)N.CC1(N)CC1. The maximum atomic E-state index is 5.47. The van der Waals surface area contributed by atoms with Crippen molar-refractivity contribution >= 4 is 0 Å². The molecule has 2 nitrogen and oxygen atoms in total. The second-order valence-electron chi connectivity index (χ2n) is 3.40. The van der Waals surface area contributed by atoms with Gasteiger partial charge < -0.3 is 11.5 Å². The third kappa shape index (κ3) is 11.5. The minimum Gasteiger partial charge on any atom is -0.328 e. The van der Waals surface area contributed by atoms with Crippen molar-refractivity contribution in [1.29, 1.82) is 0 Å². The highest BCUT2D eigenvalue weighted by atomic mass is 14.8. The Morgan fingerprint density at radius 2 is 1.44 bits per heavy atom. The molecule has 1 rings (SSSR count). The zero-order valence-electron chi connectivity index (χ0n) is 6.65. The molecule has 0 spiro atoms. The van der Waals surface area contributed by atoms with Crippen molar-refractivity contribution in [2.24, 2.45) is 11.5 Å². The lowest BCUT2D eigenvalue weighted by atomic mass is 10.4. The molecule has 56 valence electrons. The van der Waals surface area contributed by atoms with Gasteiger partial charge in [0.05, 0.1) is 0 Å². The van der Waals surface area contributed by atoms with E-state index in [0.29, 0.717) is 6.04 Å². The Hall–Kier alpha value is -0.0800. The van der Waals surface area contributed by atoms with Crippen LogP contribution in [0.4, 0.5) is 0 Å². The summed E-state index contributed by atoms with van der Waals surface area (Å²) in [5.41, 5.74) is 10.8. The molecule has 9 heavy (non-hydrogen) atoms. The Bertz CT molecular complexity index is 68.2. The van der Waals surface area contributed by atoms with Crippen LogP contribution >= 0.6 is 0 Å². The van der Waals surface area contributed by atoms with Gasteiger partial charge in [-0.25, -0.2) is 0 Å². The Kier molecular flexibility index (Phi) is 3.15. The highest BCUT2D eigenvalue weighted by Crippen LogP contribution is 2.30. The van der Waals surface area contributed by atoms with Crippen LogP contribution in [0.3, 0.4) is 0 Å². The molecule has 0 saturated heterocycles. The first-order chi connectivity index (χ1) is 3.94. The van der Waals surface area contributed by atoms with Gasteiger partial charge >= 0.3 is 0 Å². The minimum atomic E-state index is 0.250. The molecule has 1 fully saturated rings. The van der Waals surface area contributed by atoms with E-state index in [9.17, 15) is 0 Å². The lowest BCUT2D eigenvalue weighted by Crippen LogP contribution is -2.14. The molecule has 0 aromatic heterocycles. The Balaban J connectivity index is 0.000000148. The van der Waals surface area contributed by atoms with Crippen molar-refractivity contribution in [3.8, 4) is 0 Å². The van der Waals surface area contributed by atoms with Gasteiger partial charge in [-0.05, 0) is 25.8 Å². The van der Waals surface area contributed by atoms with Crippen LogP contribution < -0.4 is 11.5 Å². The Morgan fingerprint density at radius 1 is 1.33 bits per heavy atom. The molecule has 0 unspecified atom stereocenters. The van der Waals surface area contributed by atoms with Gasteiger partial charge in [0.1, 0.15) is 0 Å². The third-order valence-corrected chi connectivity index (χ3v) is 1.04. The van der Waals surface area contributed by atoms with Crippen LogP contribution in [0.5, 0.6) is 0 Å². The molecule has 0 heterocycles. The van der Waals surface area contributed by atoms with Gasteiger partial charge in [-0.2, -0.15) is 0 Å². The second-order valence-corrected chi connectivity index (χ2v) is 3.40. The zero-order valence-corrected chi connectivity index (χ0v) is 6.65. The standard InChI is InChI=1S/C4H9N.C3H9N/c1-4(5)2-3-4;1-3(2)4/h2-3,5H2,1H3;3H,4H2,1-2H3. The van der Waals surface area contributed by atoms with Gasteiger partial charge in [-0.3, -0.25) is 0 Å². The van der Waals surface area contributed by atoms with Gasteiger partial charge in [0, 0.05) is 5.54 Å². The Labute approximate surface area is 57.6 Å². The van der Waals surface area contributed by atoms with Gasteiger partial charge in [0.15, 0.2) is 0 Å². The number of rotatable bonds is 0. The van der Waals surface area contributed by atoms with Crippen LogP contribution in [-0.4, -0.2) is 11.6 Å². The number of hydrogen-bond acceptors (Lipinski definition) is 2. The monoisotopic (exact) mass is 130 g/mol. The molecule has 0 amide bonds. The Morgan fingerprint density at radius 3 is 1.44 bits per heavy atom. The zero-order chi connectivity index (χ0) is 7.49. The lowest BCUT2D eigenvalue weighted by Gasteiger charge is -1.88. The van der Waals surface area contributed by atoms with Crippen LogP contribution in [0.2, 0.25) is 0 Å². The van der Waals surface area contributed by atoms with Crippen molar-refractivity contribution in [3.05, 3.63) is 0 Å². The summed E-state index contributed by atoms with van der Waals surface area (Å²) in [7, 11) is 0. The van der Waals surface area contributed by atoms with Crippen molar-refractivity contribution in [2.45, 2.75) is 45.2 Å². The normalized spacial score (nSPS) is 20.7. The molecule has 0 aromatic carbocycles. The fourth-order valence-electron chi connectivity index (χ4n) is 0.197. The van der Waals surface area contributed by atoms with E-state index in [0.717, 1.165) is 0 Å². The topological polar surface area (TPSA) is 52.0 Å². The predicted octanol–water partition coefficient (Wildman–Crippen LogP) is 0.851.